The van der Waals surface area contributed by atoms with Crippen LogP contribution in [-0.4, -0.2) is 49.3 Å². The fourth-order valence-electron chi connectivity index (χ4n) is 6.62. The van der Waals surface area contributed by atoms with E-state index in [-0.39, 0.29) is 24.8 Å². The molecule has 1 N–H and O–H groups in total. The van der Waals surface area contributed by atoms with Crippen molar-refractivity contribution in [2.24, 2.45) is 28.6 Å². The van der Waals surface area contributed by atoms with Crippen LogP contribution in [0.25, 0.3) is 0 Å². The number of esters is 2. The molecule has 0 spiro atoms. The number of hydrogen-bond acceptors (Lipinski definition) is 8. The van der Waals surface area contributed by atoms with Crippen LogP contribution in [0, 0.1) is 28.6 Å². The highest BCUT2D eigenvalue weighted by molar-refractivity contribution is 5.95. The Morgan fingerprint density at radius 1 is 1.23 bits per heavy atom. The van der Waals surface area contributed by atoms with E-state index in [2.05, 4.69) is 0 Å². The molecule has 0 aromatic carbocycles. The van der Waals surface area contributed by atoms with E-state index < -0.39 is 46.3 Å². The topological polar surface area (TPSA) is 112 Å². The van der Waals surface area contributed by atoms with E-state index in [1.54, 1.807) is 6.07 Å². The van der Waals surface area contributed by atoms with Gasteiger partial charge in [-0.3, -0.25) is 14.4 Å². The zero-order valence-corrected chi connectivity index (χ0v) is 18.4. The van der Waals surface area contributed by atoms with E-state index in [0.29, 0.717) is 19.3 Å². The van der Waals surface area contributed by atoms with Crippen molar-refractivity contribution in [3.05, 3.63) is 24.2 Å². The van der Waals surface area contributed by atoms with Gasteiger partial charge in [-0.1, -0.05) is 13.8 Å². The number of carbonyl (C=O) groups is 3. The molecule has 1 aliphatic heterocycles. The third-order valence-corrected chi connectivity index (χ3v) is 8.10. The Hall–Kier alpha value is -2.19. The lowest BCUT2D eigenvalue weighted by atomic mass is 9.41. The van der Waals surface area contributed by atoms with Gasteiger partial charge in [0.15, 0.2) is 5.78 Å². The summed E-state index contributed by atoms with van der Waals surface area (Å²) in [6.07, 6.45) is 3.81. The molecule has 0 unspecified atom stereocenters. The van der Waals surface area contributed by atoms with Gasteiger partial charge in [0, 0.05) is 18.6 Å². The molecule has 2 heterocycles. The van der Waals surface area contributed by atoms with Gasteiger partial charge in [-0.15, -0.1) is 0 Å². The normalized spacial score (nSPS) is 42.4. The molecule has 0 amide bonds. The minimum atomic E-state index is -1.82. The number of Topliss-reactive ketones (excluding diaryl/α,β-unsaturated/α-hetero) is 1. The third-order valence-electron chi connectivity index (χ3n) is 8.10. The van der Waals surface area contributed by atoms with Gasteiger partial charge < -0.3 is 23.7 Å². The number of hydrogen-bond donors (Lipinski definition) is 1. The van der Waals surface area contributed by atoms with Gasteiger partial charge >= 0.3 is 11.9 Å². The van der Waals surface area contributed by atoms with E-state index in [1.807, 2.05) is 13.8 Å². The van der Waals surface area contributed by atoms with Crippen molar-refractivity contribution < 1.29 is 38.1 Å². The van der Waals surface area contributed by atoms with Crippen molar-refractivity contribution in [3.8, 4) is 0 Å². The molecule has 170 valence electrons. The molecule has 0 bridgehead atoms. The Morgan fingerprint density at radius 3 is 2.58 bits per heavy atom. The number of cyclic esters (lactones) is 1. The molecular formula is C23H30O8. The Kier molecular flexibility index (Phi) is 5.29. The first-order valence-electron chi connectivity index (χ1n) is 10.7. The maximum absolute atomic E-state index is 13.8. The molecule has 1 aromatic heterocycles. The standard InChI is InChI=1S/C23H30O8/c1-21-7-5-14-20(26)31-16(13-6-8-30-11-13)10-22(14,2)17(21)18(24)23(27,12-28-3)9-15(21)19(25)29-4/h6,8,11,14-17,27H,5,7,9-10,12H2,1-4H3/t14-,15-,16-,17-,21-,22-,23+/m0/s1. The second kappa shape index (κ2) is 7.45. The molecule has 2 aliphatic carbocycles. The van der Waals surface area contributed by atoms with Crippen molar-refractivity contribution in [1.82, 2.24) is 0 Å². The molecule has 7 atom stereocenters. The smallest absolute Gasteiger partial charge is 0.310 e. The van der Waals surface area contributed by atoms with Gasteiger partial charge in [0.1, 0.15) is 11.7 Å². The Balaban J connectivity index is 1.83. The fourth-order valence-corrected chi connectivity index (χ4v) is 6.62. The highest BCUT2D eigenvalue weighted by Crippen LogP contribution is 2.66. The van der Waals surface area contributed by atoms with Crippen LogP contribution in [0.2, 0.25) is 0 Å². The molecule has 1 aromatic rings. The molecule has 31 heavy (non-hydrogen) atoms. The zero-order valence-electron chi connectivity index (χ0n) is 18.4. The van der Waals surface area contributed by atoms with Gasteiger partial charge in [-0.05, 0) is 42.6 Å². The number of furan rings is 1. The lowest BCUT2D eigenvalue weighted by Gasteiger charge is -2.62. The van der Waals surface area contributed by atoms with Crippen LogP contribution in [-0.2, 0) is 28.6 Å². The predicted molar refractivity (Wildman–Crippen MR) is 107 cm³/mol. The lowest BCUT2D eigenvalue weighted by Crippen LogP contribution is -2.68. The number of ether oxygens (including phenoxy) is 3. The van der Waals surface area contributed by atoms with Crippen LogP contribution in [0.3, 0.4) is 0 Å². The second-order valence-electron chi connectivity index (χ2n) is 9.83. The summed E-state index contributed by atoms with van der Waals surface area (Å²) in [6.45, 7) is 3.61. The molecule has 4 rings (SSSR count). The Morgan fingerprint density at radius 2 is 1.97 bits per heavy atom. The summed E-state index contributed by atoms with van der Waals surface area (Å²) in [5, 5.41) is 11.3. The summed E-state index contributed by atoms with van der Waals surface area (Å²) in [5.74, 6) is -3.11. The maximum Gasteiger partial charge on any atom is 0.310 e. The van der Waals surface area contributed by atoms with Crippen molar-refractivity contribution in [2.45, 2.75) is 51.2 Å². The molecule has 8 heteroatoms. The number of rotatable bonds is 4. The van der Waals surface area contributed by atoms with Gasteiger partial charge in [0.2, 0.25) is 0 Å². The van der Waals surface area contributed by atoms with Crippen molar-refractivity contribution in [3.63, 3.8) is 0 Å². The Bertz CT molecular complexity index is 878. The van der Waals surface area contributed by atoms with E-state index in [4.69, 9.17) is 18.6 Å². The molecular weight excluding hydrogens is 404 g/mol. The van der Waals surface area contributed by atoms with Crippen molar-refractivity contribution in [1.29, 1.82) is 0 Å². The SMILES string of the molecule is COC[C@]1(O)C[C@@H](C(=O)OC)[C@]2(C)CC[C@H]3C(=O)O[C@H](c4ccoc4)C[C@]3(C)[C@H]2C1=O. The van der Waals surface area contributed by atoms with E-state index in [9.17, 15) is 19.5 Å². The summed E-state index contributed by atoms with van der Waals surface area (Å²) in [4.78, 5) is 39.7. The van der Waals surface area contributed by atoms with E-state index in [1.165, 1.54) is 26.7 Å². The van der Waals surface area contributed by atoms with Crippen LogP contribution in [0.1, 0.15) is 51.2 Å². The van der Waals surface area contributed by atoms with Gasteiger partial charge in [-0.2, -0.15) is 0 Å². The number of fused-ring (bicyclic) bond motifs is 3. The molecule has 2 saturated carbocycles. The largest absolute Gasteiger partial charge is 0.472 e. The second-order valence-corrected chi connectivity index (χ2v) is 9.83. The van der Waals surface area contributed by atoms with Crippen LogP contribution >= 0.6 is 0 Å². The van der Waals surface area contributed by atoms with Crippen LogP contribution in [0.15, 0.2) is 23.0 Å². The van der Waals surface area contributed by atoms with E-state index in [0.717, 1.165) is 5.56 Å². The van der Waals surface area contributed by atoms with Gasteiger partial charge in [0.05, 0.1) is 38.1 Å². The lowest BCUT2D eigenvalue weighted by molar-refractivity contribution is -0.218. The van der Waals surface area contributed by atoms with Crippen molar-refractivity contribution >= 4 is 17.7 Å². The van der Waals surface area contributed by atoms with E-state index >= 15 is 0 Å². The average Bonchev–Trinajstić information content (AvgIpc) is 3.24. The minimum Gasteiger partial charge on any atom is -0.472 e. The van der Waals surface area contributed by atoms with Gasteiger partial charge in [0.25, 0.3) is 0 Å². The van der Waals surface area contributed by atoms with Crippen LogP contribution < -0.4 is 0 Å². The zero-order chi connectivity index (χ0) is 22.6. The molecule has 3 aliphatic rings. The quantitative estimate of drug-likeness (QED) is 0.719. The first-order chi connectivity index (χ1) is 14.6. The number of aliphatic hydroxyl groups is 1. The highest BCUT2D eigenvalue weighted by Gasteiger charge is 2.70. The predicted octanol–water partition coefficient (Wildman–Crippen LogP) is 2.45. The number of ketones is 1. The highest BCUT2D eigenvalue weighted by atomic mass is 16.5. The molecule has 3 fully saturated rings. The summed E-state index contributed by atoms with van der Waals surface area (Å²) < 4.78 is 21.1. The monoisotopic (exact) mass is 434 g/mol. The summed E-state index contributed by atoms with van der Waals surface area (Å²) in [5.41, 5.74) is -2.67. The maximum atomic E-state index is 13.8. The third kappa shape index (κ3) is 3.14. The number of methoxy groups -OCH3 is 2. The molecule has 1 saturated heterocycles. The summed E-state index contributed by atoms with van der Waals surface area (Å²) in [6, 6.07) is 1.74. The van der Waals surface area contributed by atoms with Crippen LogP contribution in [0.5, 0.6) is 0 Å². The van der Waals surface area contributed by atoms with Crippen molar-refractivity contribution in [2.75, 3.05) is 20.8 Å². The Labute approximate surface area is 181 Å². The van der Waals surface area contributed by atoms with Gasteiger partial charge in [-0.25, -0.2) is 0 Å². The van der Waals surface area contributed by atoms with Crippen LogP contribution in [0.4, 0.5) is 0 Å². The molecule has 8 nitrogen and oxygen atoms in total. The summed E-state index contributed by atoms with van der Waals surface area (Å²) >= 11 is 0. The first-order valence-corrected chi connectivity index (χ1v) is 10.7. The fraction of sp³-hybridized carbons (Fsp3) is 0.696. The molecule has 0 radical (unpaired) electrons. The number of carbonyl (C=O) groups excluding carboxylic acids is 3. The minimum absolute atomic E-state index is 0.0598. The first kappa shape index (κ1) is 22.0. The average molecular weight is 434 g/mol. The summed E-state index contributed by atoms with van der Waals surface area (Å²) in [7, 11) is 2.72.